The van der Waals surface area contributed by atoms with Crippen LogP contribution in [-0.2, 0) is 13.0 Å². The summed E-state index contributed by atoms with van der Waals surface area (Å²) in [6.45, 7) is 3.66. The van der Waals surface area contributed by atoms with E-state index in [9.17, 15) is 9.90 Å². The van der Waals surface area contributed by atoms with Crippen molar-refractivity contribution in [2.24, 2.45) is 0 Å². The minimum Gasteiger partial charge on any atom is -0.389 e. The summed E-state index contributed by atoms with van der Waals surface area (Å²) >= 11 is 3.52. The molecule has 1 fully saturated rings. The Morgan fingerprint density at radius 2 is 2.10 bits per heavy atom. The number of hydrogen-bond acceptors (Lipinski definition) is 4. The van der Waals surface area contributed by atoms with Gasteiger partial charge in [-0.1, -0.05) is 24.3 Å². The molecule has 1 aromatic carbocycles. The zero-order valence-electron chi connectivity index (χ0n) is 16.2. The Hall–Kier alpha value is -2.22. The maximum atomic E-state index is 13.1. The minimum atomic E-state index is -0.625. The van der Waals surface area contributed by atoms with Crippen LogP contribution in [0.25, 0.3) is 5.65 Å². The number of imidazole rings is 1. The number of halogens is 1. The average molecular weight is 455 g/mol. The third kappa shape index (κ3) is 3.17. The molecule has 0 radical (unpaired) electrons. The fourth-order valence-corrected chi connectivity index (χ4v) is 5.26. The fourth-order valence-electron chi connectivity index (χ4n) is 4.60. The summed E-state index contributed by atoms with van der Waals surface area (Å²) in [5.41, 5.74) is 4.41. The van der Waals surface area contributed by atoms with E-state index in [1.807, 2.05) is 35.7 Å². The normalized spacial score (nSPS) is 24.1. The first kappa shape index (κ1) is 18.8. The lowest BCUT2D eigenvalue weighted by Gasteiger charge is -2.48. The number of piperidine rings is 1. The summed E-state index contributed by atoms with van der Waals surface area (Å²) in [4.78, 5) is 19.3. The van der Waals surface area contributed by atoms with Gasteiger partial charge in [0.1, 0.15) is 5.69 Å². The standard InChI is InChI=1S/C22H23BrN4O2/c1-14-8-17(23)20-25-18(12-27(20)11-14)21(29)26-7-6-22(19(28)13-26)9-15-4-2-3-5-16(15)10-24-22/h2-5,8,11-12,19,24,28H,6-7,9-10,13H2,1H3/t19-,22+/m1/s1. The van der Waals surface area contributed by atoms with Crippen molar-refractivity contribution in [1.82, 2.24) is 19.6 Å². The first-order valence-electron chi connectivity index (χ1n) is 9.89. The van der Waals surface area contributed by atoms with Crippen LogP contribution in [0.1, 0.15) is 33.6 Å². The summed E-state index contributed by atoms with van der Waals surface area (Å²) in [5.74, 6) is -0.136. The zero-order chi connectivity index (χ0) is 20.2. The van der Waals surface area contributed by atoms with Gasteiger partial charge in [0, 0.05) is 32.0 Å². The molecule has 1 amide bonds. The van der Waals surface area contributed by atoms with Crippen molar-refractivity contribution < 1.29 is 9.90 Å². The number of hydrogen-bond donors (Lipinski definition) is 2. The van der Waals surface area contributed by atoms with Crippen LogP contribution < -0.4 is 5.32 Å². The molecule has 3 aromatic rings. The molecule has 150 valence electrons. The van der Waals surface area contributed by atoms with Crippen LogP contribution in [-0.4, -0.2) is 50.0 Å². The smallest absolute Gasteiger partial charge is 0.274 e. The molecule has 2 aliphatic heterocycles. The number of nitrogens with zero attached hydrogens (tertiary/aromatic N) is 3. The van der Waals surface area contributed by atoms with Gasteiger partial charge < -0.3 is 19.7 Å². The lowest BCUT2D eigenvalue weighted by molar-refractivity contribution is -0.0140. The molecule has 0 aliphatic carbocycles. The van der Waals surface area contributed by atoms with Gasteiger partial charge in [0.2, 0.25) is 0 Å². The fraction of sp³-hybridized carbons (Fsp3) is 0.364. The highest BCUT2D eigenvalue weighted by atomic mass is 79.9. The van der Waals surface area contributed by atoms with Crippen LogP contribution in [0.4, 0.5) is 0 Å². The molecule has 0 saturated carbocycles. The molecule has 7 heteroatoms. The monoisotopic (exact) mass is 454 g/mol. The Labute approximate surface area is 177 Å². The van der Waals surface area contributed by atoms with Gasteiger partial charge in [-0.15, -0.1) is 0 Å². The highest BCUT2D eigenvalue weighted by Crippen LogP contribution is 2.32. The number of benzene rings is 1. The minimum absolute atomic E-state index is 0.136. The summed E-state index contributed by atoms with van der Waals surface area (Å²) in [5, 5.41) is 14.6. The number of nitrogens with one attached hydrogen (secondary N) is 1. The van der Waals surface area contributed by atoms with E-state index in [2.05, 4.69) is 38.4 Å². The second kappa shape index (κ2) is 6.93. The summed E-state index contributed by atoms with van der Waals surface area (Å²) < 4.78 is 2.73. The van der Waals surface area contributed by atoms with E-state index in [4.69, 9.17) is 0 Å². The maximum absolute atomic E-state index is 13.1. The number of aromatic nitrogens is 2. The van der Waals surface area contributed by atoms with Crippen molar-refractivity contribution >= 4 is 27.5 Å². The molecule has 2 aliphatic rings. The molecular formula is C22H23BrN4O2. The molecule has 0 unspecified atom stereocenters. The van der Waals surface area contributed by atoms with Crippen LogP contribution >= 0.6 is 15.9 Å². The molecule has 4 heterocycles. The predicted molar refractivity (Wildman–Crippen MR) is 114 cm³/mol. The van der Waals surface area contributed by atoms with Gasteiger partial charge in [0.25, 0.3) is 5.91 Å². The van der Waals surface area contributed by atoms with Crippen molar-refractivity contribution in [3.05, 3.63) is 69.6 Å². The first-order valence-corrected chi connectivity index (χ1v) is 10.7. The van der Waals surface area contributed by atoms with Crippen LogP contribution in [0.3, 0.4) is 0 Å². The molecule has 29 heavy (non-hydrogen) atoms. The number of aryl methyl sites for hydroxylation is 1. The molecule has 1 saturated heterocycles. The van der Waals surface area contributed by atoms with E-state index in [1.54, 1.807) is 11.1 Å². The molecule has 2 atom stereocenters. The average Bonchev–Trinajstić information content (AvgIpc) is 3.14. The summed E-state index contributed by atoms with van der Waals surface area (Å²) in [6.07, 6.45) is 4.59. The predicted octanol–water partition coefficient (Wildman–Crippen LogP) is 2.70. The number of aliphatic hydroxyl groups is 1. The number of carbonyl (C=O) groups excluding carboxylic acids is 1. The molecule has 6 nitrogen and oxygen atoms in total. The van der Waals surface area contributed by atoms with E-state index >= 15 is 0 Å². The SMILES string of the molecule is Cc1cc(Br)c2nc(C(=O)N3CC[C@]4(Cc5ccccc5CN4)[C@H](O)C3)cn2c1. The zero-order valence-corrected chi connectivity index (χ0v) is 17.8. The third-order valence-corrected chi connectivity index (χ3v) is 6.85. The largest absolute Gasteiger partial charge is 0.389 e. The number of pyridine rings is 1. The number of aliphatic hydroxyl groups excluding tert-OH is 1. The number of fused-ring (bicyclic) bond motifs is 2. The van der Waals surface area contributed by atoms with E-state index < -0.39 is 6.10 Å². The van der Waals surface area contributed by atoms with E-state index in [-0.39, 0.29) is 11.4 Å². The highest BCUT2D eigenvalue weighted by molar-refractivity contribution is 9.10. The number of amides is 1. The second-order valence-corrected chi connectivity index (χ2v) is 9.05. The van der Waals surface area contributed by atoms with Crippen LogP contribution in [0.2, 0.25) is 0 Å². The number of likely N-dealkylation sites (tertiary alicyclic amines) is 1. The number of carbonyl (C=O) groups is 1. The molecule has 2 N–H and O–H groups in total. The van der Waals surface area contributed by atoms with E-state index in [0.717, 1.165) is 28.6 Å². The molecule has 1 spiro atoms. The van der Waals surface area contributed by atoms with Gasteiger partial charge in [-0.3, -0.25) is 4.79 Å². The lowest BCUT2D eigenvalue weighted by Crippen LogP contribution is -2.65. The third-order valence-electron chi connectivity index (χ3n) is 6.26. The van der Waals surface area contributed by atoms with Gasteiger partial charge in [0.15, 0.2) is 5.65 Å². The van der Waals surface area contributed by atoms with Gasteiger partial charge in [0.05, 0.1) is 16.1 Å². The van der Waals surface area contributed by atoms with Crippen LogP contribution in [0.15, 0.2) is 47.2 Å². The Morgan fingerprint density at radius 3 is 2.90 bits per heavy atom. The van der Waals surface area contributed by atoms with E-state index in [0.29, 0.717) is 25.2 Å². The highest BCUT2D eigenvalue weighted by Gasteiger charge is 2.45. The summed E-state index contributed by atoms with van der Waals surface area (Å²) in [6, 6.07) is 10.3. The molecule has 5 rings (SSSR count). The molecular weight excluding hydrogens is 432 g/mol. The van der Waals surface area contributed by atoms with Gasteiger partial charge in [-0.05, 0) is 58.5 Å². The van der Waals surface area contributed by atoms with Crippen molar-refractivity contribution in [3.8, 4) is 0 Å². The van der Waals surface area contributed by atoms with Crippen LogP contribution in [0.5, 0.6) is 0 Å². The maximum Gasteiger partial charge on any atom is 0.274 e. The number of rotatable bonds is 1. The quantitative estimate of drug-likeness (QED) is 0.592. The van der Waals surface area contributed by atoms with Gasteiger partial charge in [-0.25, -0.2) is 4.98 Å². The lowest BCUT2D eigenvalue weighted by atomic mass is 9.76. The summed E-state index contributed by atoms with van der Waals surface area (Å²) in [7, 11) is 0. The van der Waals surface area contributed by atoms with Crippen molar-refractivity contribution in [2.75, 3.05) is 13.1 Å². The van der Waals surface area contributed by atoms with Gasteiger partial charge >= 0.3 is 0 Å². The van der Waals surface area contributed by atoms with Crippen molar-refractivity contribution in [2.45, 2.75) is 38.0 Å². The topological polar surface area (TPSA) is 69.9 Å². The van der Waals surface area contributed by atoms with Crippen molar-refractivity contribution in [3.63, 3.8) is 0 Å². The van der Waals surface area contributed by atoms with Gasteiger partial charge in [-0.2, -0.15) is 0 Å². The van der Waals surface area contributed by atoms with E-state index in [1.165, 1.54) is 11.1 Å². The Balaban J connectivity index is 1.36. The Morgan fingerprint density at radius 1 is 1.31 bits per heavy atom. The first-order chi connectivity index (χ1) is 13.9. The number of β-amino-alcohol motifs (C(OH)–C–C–N with tert-alkyl or cyclic N) is 1. The second-order valence-electron chi connectivity index (χ2n) is 8.19. The molecule has 0 bridgehead atoms. The Kier molecular flexibility index (Phi) is 4.49. The van der Waals surface area contributed by atoms with Crippen LogP contribution in [0, 0.1) is 6.92 Å². The molecule has 2 aromatic heterocycles. The van der Waals surface area contributed by atoms with Crippen molar-refractivity contribution in [1.29, 1.82) is 0 Å². The Bertz CT molecular complexity index is 1110.